The summed E-state index contributed by atoms with van der Waals surface area (Å²) in [4.78, 5) is 2.63. The van der Waals surface area contributed by atoms with Gasteiger partial charge < -0.3 is 10.5 Å². The van der Waals surface area contributed by atoms with Gasteiger partial charge in [-0.3, -0.25) is 4.90 Å². The number of hydrogen-bond donors (Lipinski definition) is 1. The number of piperidine rings is 2. The molecule has 3 aliphatic rings. The summed E-state index contributed by atoms with van der Waals surface area (Å²) in [7, 11) is 1.71. The number of fused-ring (bicyclic) bond motifs is 2. The summed E-state index contributed by atoms with van der Waals surface area (Å²) < 4.78 is 5.21. The Balaban J connectivity index is 1.73. The number of nitrogens with zero attached hydrogens (tertiary/aromatic N) is 1. The Hall–Kier alpha value is -1.06. The number of hydrogen-bond acceptors (Lipinski definition) is 3. The summed E-state index contributed by atoms with van der Waals surface area (Å²) in [5, 5.41) is 0. The standard InChI is InChI=1S/C16H24N2O/c1-11-13-7-14(8-13)18(16(11)9-17)10-12-3-5-15(19-2)6-4-12/h3-6,11,13-14,16H,7-10,17H2,1-2H3. The van der Waals surface area contributed by atoms with E-state index < -0.39 is 0 Å². The van der Waals surface area contributed by atoms with E-state index in [9.17, 15) is 0 Å². The van der Waals surface area contributed by atoms with Gasteiger partial charge in [0.1, 0.15) is 5.75 Å². The third-order valence-electron chi connectivity index (χ3n) is 5.16. The van der Waals surface area contributed by atoms with Crippen LogP contribution in [0.5, 0.6) is 5.75 Å². The summed E-state index contributed by atoms with van der Waals surface area (Å²) in [6, 6.07) is 9.74. The molecule has 2 saturated heterocycles. The normalized spacial score (nSPS) is 33.8. The van der Waals surface area contributed by atoms with Gasteiger partial charge in [-0.15, -0.1) is 0 Å². The Kier molecular flexibility index (Phi) is 3.50. The van der Waals surface area contributed by atoms with Crippen molar-refractivity contribution in [1.29, 1.82) is 0 Å². The first-order valence-corrected chi connectivity index (χ1v) is 7.31. The Morgan fingerprint density at radius 2 is 1.95 bits per heavy atom. The molecule has 1 aliphatic carbocycles. The largest absolute Gasteiger partial charge is 0.497 e. The molecule has 2 aliphatic heterocycles. The zero-order valence-corrected chi connectivity index (χ0v) is 11.9. The molecular formula is C16H24N2O. The third kappa shape index (κ3) is 2.26. The second-order valence-corrected chi connectivity index (χ2v) is 6.07. The molecule has 104 valence electrons. The van der Waals surface area contributed by atoms with E-state index in [0.717, 1.165) is 36.7 Å². The van der Waals surface area contributed by atoms with Gasteiger partial charge in [0, 0.05) is 25.2 Å². The highest BCUT2D eigenvalue weighted by molar-refractivity contribution is 5.27. The fraction of sp³-hybridized carbons (Fsp3) is 0.625. The first kappa shape index (κ1) is 12.9. The van der Waals surface area contributed by atoms with Gasteiger partial charge in [0.25, 0.3) is 0 Å². The topological polar surface area (TPSA) is 38.5 Å². The number of nitrogens with two attached hydrogens (primary N) is 1. The van der Waals surface area contributed by atoms with E-state index in [0.29, 0.717) is 6.04 Å². The second-order valence-electron chi connectivity index (χ2n) is 6.07. The molecule has 4 rings (SSSR count). The number of methoxy groups -OCH3 is 1. The van der Waals surface area contributed by atoms with E-state index in [1.807, 2.05) is 12.1 Å². The molecule has 2 unspecified atom stereocenters. The molecule has 3 heteroatoms. The van der Waals surface area contributed by atoms with Crippen LogP contribution in [0.1, 0.15) is 25.3 Å². The number of ether oxygens (including phenoxy) is 1. The second kappa shape index (κ2) is 5.14. The lowest BCUT2D eigenvalue weighted by Gasteiger charge is -2.57. The van der Waals surface area contributed by atoms with Crippen molar-refractivity contribution in [3.8, 4) is 5.75 Å². The first-order valence-electron chi connectivity index (χ1n) is 7.31. The molecule has 3 fully saturated rings. The SMILES string of the molecule is COc1ccc(CN2C3CC(C3)C(C)C2CN)cc1. The van der Waals surface area contributed by atoms with Gasteiger partial charge >= 0.3 is 0 Å². The molecule has 0 amide bonds. The molecule has 19 heavy (non-hydrogen) atoms. The average molecular weight is 260 g/mol. The monoisotopic (exact) mass is 260 g/mol. The molecule has 3 nitrogen and oxygen atoms in total. The van der Waals surface area contributed by atoms with Crippen molar-refractivity contribution in [1.82, 2.24) is 4.90 Å². The van der Waals surface area contributed by atoms with Crippen LogP contribution in [0, 0.1) is 11.8 Å². The van der Waals surface area contributed by atoms with Gasteiger partial charge in [-0.2, -0.15) is 0 Å². The summed E-state index contributed by atoms with van der Waals surface area (Å²) in [6.45, 7) is 4.18. The fourth-order valence-corrected chi connectivity index (χ4v) is 3.76. The zero-order valence-electron chi connectivity index (χ0n) is 11.9. The van der Waals surface area contributed by atoms with Crippen molar-refractivity contribution < 1.29 is 4.74 Å². The third-order valence-corrected chi connectivity index (χ3v) is 5.16. The van der Waals surface area contributed by atoms with E-state index in [1.165, 1.54) is 18.4 Å². The van der Waals surface area contributed by atoms with Gasteiger partial charge in [0.2, 0.25) is 0 Å². The Labute approximate surface area is 115 Å². The lowest BCUT2D eigenvalue weighted by molar-refractivity contribution is -0.0760. The van der Waals surface area contributed by atoms with E-state index in [-0.39, 0.29) is 0 Å². The van der Waals surface area contributed by atoms with Crippen LogP contribution in [0.3, 0.4) is 0 Å². The molecule has 0 spiro atoms. The maximum absolute atomic E-state index is 6.00. The molecule has 1 aromatic rings. The van der Waals surface area contributed by atoms with E-state index in [1.54, 1.807) is 7.11 Å². The molecular weight excluding hydrogens is 236 g/mol. The quantitative estimate of drug-likeness (QED) is 0.902. The minimum Gasteiger partial charge on any atom is -0.497 e. The van der Waals surface area contributed by atoms with Crippen LogP contribution >= 0.6 is 0 Å². The predicted molar refractivity (Wildman–Crippen MR) is 77.1 cm³/mol. The lowest BCUT2D eigenvalue weighted by Crippen LogP contribution is -2.62. The highest BCUT2D eigenvalue weighted by Gasteiger charge is 2.47. The Morgan fingerprint density at radius 3 is 2.53 bits per heavy atom. The van der Waals surface area contributed by atoms with Gasteiger partial charge in [0.05, 0.1) is 7.11 Å². The van der Waals surface area contributed by atoms with Gasteiger partial charge in [-0.25, -0.2) is 0 Å². The molecule has 2 heterocycles. The van der Waals surface area contributed by atoms with Crippen LogP contribution in [0.15, 0.2) is 24.3 Å². The number of benzene rings is 1. The fourth-order valence-electron chi connectivity index (χ4n) is 3.76. The van der Waals surface area contributed by atoms with Crippen molar-refractivity contribution in [2.75, 3.05) is 13.7 Å². The summed E-state index contributed by atoms with van der Waals surface area (Å²) in [6.07, 6.45) is 2.74. The zero-order chi connectivity index (χ0) is 13.4. The van der Waals surface area contributed by atoms with Crippen molar-refractivity contribution in [3.63, 3.8) is 0 Å². The summed E-state index contributed by atoms with van der Waals surface area (Å²) in [5.74, 6) is 2.59. The minimum atomic E-state index is 0.555. The van der Waals surface area contributed by atoms with Gasteiger partial charge in [0.15, 0.2) is 0 Å². The van der Waals surface area contributed by atoms with Crippen LogP contribution in [-0.2, 0) is 6.54 Å². The molecule has 1 aromatic carbocycles. The van der Waals surface area contributed by atoms with Crippen molar-refractivity contribution in [3.05, 3.63) is 29.8 Å². The van der Waals surface area contributed by atoms with Crippen LogP contribution in [0.25, 0.3) is 0 Å². The van der Waals surface area contributed by atoms with Crippen LogP contribution in [0.4, 0.5) is 0 Å². The van der Waals surface area contributed by atoms with Crippen LogP contribution in [0.2, 0.25) is 0 Å². The van der Waals surface area contributed by atoms with E-state index in [2.05, 4.69) is 24.0 Å². The van der Waals surface area contributed by atoms with Crippen LogP contribution in [-0.4, -0.2) is 30.6 Å². The predicted octanol–water partition coefficient (Wildman–Crippen LogP) is 2.25. The van der Waals surface area contributed by atoms with E-state index >= 15 is 0 Å². The Bertz CT molecular complexity index is 425. The van der Waals surface area contributed by atoms with Gasteiger partial charge in [-0.1, -0.05) is 19.1 Å². The number of rotatable bonds is 4. The first-order chi connectivity index (χ1) is 9.22. The molecule has 2 atom stereocenters. The lowest BCUT2D eigenvalue weighted by atomic mass is 9.64. The van der Waals surface area contributed by atoms with Crippen molar-refractivity contribution >= 4 is 0 Å². The highest BCUT2D eigenvalue weighted by atomic mass is 16.5. The van der Waals surface area contributed by atoms with E-state index in [4.69, 9.17) is 10.5 Å². The minimum absolute atomic E-state index is 0.555. The van der Waals surface area contributed by atoms with Crippen LogP contribution < -0.4 is 10.5 Å². The summed E-state index contributed by atoms with van der Waals surface area (Å²) >= 11 is 0. The maximum Gasteiger partial charge on any atom is 0.118 e. The molecule has 2 N–H and O–H groups in total. The Morgan fingerprint density at radius 1 is 1.26 bits per heavy atom. The molecule has 0 radical (unpaired) electrons. The smallest absolute Gasteiger partial charge is 0.118 e. The van der Waals surface area contributed by atoms with Gasteiger partial charge in [-0.05, 0) is 42.4 Å². The van der Waals surface area contributed by atoms with Crippen molar-refractivity contribution in [2.45, 2.75) is 38.4 Å². The van der Waals surface area contributed by atoms with Crippen molar-refractivity contribution in [2.24, 2.45) is 17.6 Å². The summed E-state index contributed by atoms with van der Waals surface area (Å²) in [5.41, 5.74) is 7.36. The molecule has 2 bridgehead atoms. The average Bonchev–Trinajstić information content (AvgIpc) is 2.38. The maximum atomic E-state index is 6.00. The molecule has 1 saturated carbocycles. The highest BCUT2D eigenvalue weighted by Crippen LogP contribution is 2.46. The molecule has 0 aromatic heterocycles.